The van der Waals surface area contributed by atoms with Crippen molar-refractivity contribution in [1.82, 2.24) is 4.98 Å². The summed E-state index contributed by atoms with van der Waals surface area (Å²) >= 11 is 0. The molecule has 1 heterocycles. The zero-order valence-electron chi connectivity index (χ0n) is 12.6. The number of ketones is 1. The lowest BCUT2D eigenvalue weighted by Gasteiger charge is -2.20. The topological polar surface area (TPSA) is 33.2 Å². The van der Waals surface area contributed by atoms with E-state index in [0.29, 0.717) is 18.7 Å². The molecule has 0 spiro atoms. The van der Waals surface area contributed by atoms with Crippen molar-refractivity contribution >= 4 is 11.5 Å². The number of halogens is 1. The maximum absolute atomic E-state index is 12.8. The van der Waals surface area contributed by atoms with Crippen molar-refractivity contribution in [1.29, 1.82) is 0 Å². The standard InChI is InChI=1S/C17H19FN2O/c1-12-8-13(2)10-15(9-12)20(3)7-6-17(21)16-5-4-14(18)11-19-16/h4-5,8-11H,6-7H2,1-3H3. The third-order valence-electron chi connectivity index (χ3n) is 3.33. The van der Waals surface area contributed by atoms with Crippen LogP contribution in [0.15, 0.2) is 36.5 Å². The smallest absolute Gasteiger partial charge is 0.182 e. The van der Waals surface area contributed by atoms with Crippen LogP contribution in [0.5, 0.6) is 0 Å². The molecule has 110 valence electrons. The number of nitrogens with zero attached hydrogens (tertiary/aromatic N) is 2. The van der Waals surface area contributed by atoms with Crippen LogP contribution in [0.4, 0.5) is 10.1 Å². The van der Waals surface area contributed by atoms with Gasteiger partial charge in [0, 0.05) is 25.7 Å². The van der Waals surface area contributed by atoms with Crippen LogP contribution in [0.3, 0.4) is 0 Å². The van der Waals surface area contributed by atoms with E-state index in [1.165, 1.54) is 23.3 Å². The van der Waals surface area contributed by atoms with E-state index in [1.54, 1.807) is 0 Å². The Hall–Kier alpha value is -2.23. The molecule has 2 rings (SSSR count). The van der Waals surface area contributed by atoms with Gasteiger partial charge in [-0.2, -0.15) is 0 Å². The van der Waals surface area contributed by atoms with Crippen molar-refractivity contribution in [2.24, 2.45) is 0 Å². The average molecular weight is 286 g/mol. The predicted octanol–water partition coefficient (Wildman–Crippen LogP) is 3.55. The zero-order chi connectivity index (χ0) is 15.4. The van der Waals surface area contributed by atoms with Gasteiger partial charge in [0.1, 0.15) is 11.5 Å². The molecule has 0 amide bonds. The number of pyridine rings is 1. The van der Waals surface area contributed by atoms with Gasteiger partial charge in [0.05, 0.1) is 6.20 Å². The number of rotatable bonds is 5. The molecule has 4 heteroatoms. The molecule has 0 aliphatic heterocycles. The highest BCUT2D eigenvalue weighted by atomic mass is 19.1. The van der Waals surface area contributed by atoms with Crippen LogP contribution >= 0.6 is 0 Å². The van der Waals surface area contributed by atoms with E-state index < -0.39 is 5.82 Å². The number of benzene rings is 1. The normalized spacial score (nSPS) is 10.5. The van der Waals surface area contributed by atoms with Crippen LogP contribution in [0.25, 0.3) is 0 Å². The minimum absolute atomic E-state index is 0.0776. The quantitative estimate of drug-likeness (QED) is 0.788. The Labute approximate surface area is 124 Å². The molecule has 1 aromatic heterocycles. The summed E-state index contributed by atoms with van der Waals surface area (Å²) < 4.78 is 12.8. The van der Waals surface area contributed by atoms with E-state index in [2.05, 4.69) is 37.0 Å². The van der Waals surface area contributed by atoms with Crippen molar-refractivity contribution < 1.29 is 9.18 Å². The molecule has 0 aliphatic carbocycles. The van der Waals surface area contributed by atoms with Crippen molar-refractivity contribution in [2.75, 3.05) is 18.5 Å². The highest BCUT2D eigenvalue weighted by Crippen LogP contribution is 2.18. The van der Waals surface area contributed by atoms with Crippen LogP contribution in [0, 0.1) is 19.7 Å². The summed E-state index contributed by atoms with van der Waals surface area (Å²) in [5, 5.41) is 0. The predicted molar refractivity (Wildman–Crippen MR) is 82.3 cm³/mol. The van der Waals surface area contributed by atoms with Gasteiger partial charge >= 0.3 is 0 Å². The van der Waals surface area contributed by atoms with E-state index in [9.17, 15) is 9.18 Å². The number of hydrogen-bond donors (Lipinski definition) is 0. The lowest BCUT2D eigenvalue weighted by atomic mass is 10.1. The number of aryl methyl sites for hydroxylation is 2. The Morgan fingerprint density at radius 3 is 2.43 bits per heavy atom. The number of hydrogen-bond acceptors (Lipinski definition) is 3. The summed E-state index contributed by atoms with van der Waals surface area (Å²) in [6, 6.07) is 8.98. The first-order chi connectivity index (χ1) is 9.95. The van der Waals surface area contributed by atoms with Crippen LogP contribution in [0.1, 0.15) is 28.0 Å². The fourth-order valence-electron chi connectivity index (χ4n) is 2.24. The van der Waals surface area contributed by atoms with E-state index in [0.717, 1.165) is 11.9 Å². The Kier molecular flexibility index (Phi) is 4.68. The lowest BCUT2D eigenvalue weighted by Crippen LogP contribution is -2.21. The van der Waals surface area contributed by atoms with Crippen molar-refractivity contribution in [3.63, 3.8) is 0 Å². The maximum atomic E-state index is 12.8. The van der Waals surface area contributed by atoms with E-state index >= 15 is 0 Å². The minimum Gasteiger partial charge on any atom is -0.374 e. The molecule has 1 aromatic carbocycles. The Bertz CT molecular complexity index is 617. The van der Waals surface area contributed by atoms with Crippen LogP contribution in [-0.2, 0) is 0 Å². The zero-order valence-corrected chi connectivity index (χ0v) is 12.6. The third kappa shape index (κ3) is 4.12. The lowest BCUT2D eigenvalue weighted by molar-refractivity contribution is 0.0980. The fraction of sp³-hybridized carbons (Fsp3) is 0.294. The molecule has 0 N–H and O–H groups in total. The van der Waals surface area contributed by atoms with Gasteiger partial charge in [-0.3, -0.25) is 9.78 Å². The van der Waals surface area contributed by atoms with Gasteiger partial charge in [-0.25, -0.2) is 4.39 Å². The van der Waals surface area contributed by atoms with Gasteiger partial charge in [-0.05, 0) is 49.2 Å². The van der Waals surface area contributed by atoms with Crippen molar-refractivity contribution in [3.05, 3.63) is 59.2 Å². The summed E-state index contributed by atoms with van der Waals surface area (Å²) in [5.41, 5.74) is 3.80. The van der Waals surface area contributed by atoms with Crippen LogP contribution in [0.2, 0.25) is 0 Å². The fourth-order valence-corrected chi connectivity index (χ4v) is 2.24. The number of Topliss-reactive ketones (excluding diaryl/α,β-unsaturated/α-hetero) is 1. The maximum Gasteiger partial charge on any atom is 0.182 e. The van der Waals surface area contributed by atoms with Crippen molar-refractivity contribution in [2.45, 2.75) is 20.3 Å². The molecule has 0 aliphatic rings. The Morgan fingerprint density at radius 2 is 1.86 bits per heavy atom. The van der Waals surface area contributed by atoms with E-state index in [1.807, 2.05) is 11.9 Å². The number of carbonyl (C=O) groups is 1. The van der Waals surface area contributed by atoms with Gasteiger partial charge in [0.25, 0.3) is 0 Å². The molecule has 3 nitrogen and oxygen atoms in total. The summed E-state index contributed by atoms with van der Waals surface area (Å²) in [7, 11) is 1.96. The molecule has 0 bridgehead atoms. The molecule has 0 saturated heterocycles. The first-order valence-electron chi connectivity index (χ1n) is 6.90. The number of carbonyl (C=O) groups excluding carboxylic acids is 1. The minimum atomic E-state index is -0.432. The molecule has 0 radical (unpaired) electrons. The second-order valence-electron chi connectivity index (χ2n) is 5.30. The third-order valence-corrected chi connectivity index (χ3v) is 3.33. The molecular weight excluding hydrogens is 267 g/mol. The van der Waals surface area contributed by atoms with E-state index in [-0.39, 0.29) is 5.78 Å². The van der Waals surface area contributed by atoms with Gasteiger partial charge < -0.3 is 4.90 Å². The summed E-state index contributed by atoms with van der Waals surface area (Å²) in [5.74, 6) is -0.509. The first-order valence-corrected chi connectivity index (χ1v) is 6.90. The molecule has 0 fully saturated rings. The first kappa shape index (κ1) is 15.2. The Balaban J connectivity index is 1.98. The summed E-state index contributed by atoms with van der Waals surface area (Å²) in [6.45, 7) is 4.70. The van der Waals surface area contributed by atoms with E-state index in [4.69, 9.17) is 0 Å². The molecule has 0 atom stereocenters. The van der Waals surface area contributed by atoms with Gasteiger partial charge in [-0.15, -0.1) is 0 Å². The SMILES string of the molecule is Cc1cc(C)cc(N(C)CCC(=O)c2ccc(F)cn2)c1. The number of anilines is 1. The average Bonchev–Trinajstić information content (AvgIpc) is 2.44. The molecule has 21 heavy (non-hydrogen) atoms. The Morgan fingerprint density at radius 1 is 1.19 bits per heavy atom. The van der Waals surface area contributed by atoms with Gasteiger partial charge in [-0.1, -0.05) is 6.07 Å². The van der Waals surface area contributed by atoms with Crippen LogP contribution < -0.4 is 4.90 Å². The molecular formula is C17H19FN2O. The largest absolute Gasteiger partial charge is 0.374 e. The second kappa shape index (κ2) is 6.48. The van der Waals surface area contributed by atoms with Gasteiger partial charge in [0.2, 0.25) is 0 Å². The van der Waals surface area contributed by atoms with Crippen molar-refractivity contribution in [3.8, 4) is 0 Å². The molecule has 0 unspecified atom stereocenters. The van der Waals surface area contributed by atoms with Gasteiger partial charge in [0.15, 0.2) is 5.78 Å². The summed E-state index contributed by atoms with van der Waals surface area (Å²) in [4.78, 5) is 17.9. The number of aromatic nitrogens is 1. The monoisotopic (exact) mass is 286 g/mol. The van der Waals surface area contributed by atoms with Crippen LogP contribution in [-0.4, -0.2) is 24.4 Å². The second-order valence-corrected chi connectivity index (χ2v) is 5.30. The molecule has 2 aromatic rings. The highest BCUT2D eigenvalue weighted by molar-refractivity contribution is 5.94. The summed E-state index contributed by atoms with van der Waals surface area (Å²) in [6.07, 6.45) is 1.42. The highest BCUT2D eigenvalue weighted by Gasteiger charge is 2.10. The molecule has 0 saturated carbocycles.